The molecule has 2 heterocycles. The standard InChI is InChI=1S/C23H25N3OS/c1-16-6-5-9-18(10-16)23-25-20(15-28-23)11-22(27)26-13-19(12-24)21(14-26)17-7-3-2-4-8-17/h2-10,15,19,21H,11-14,24H2,1H3/t19-,21+/m1/s1. The second kappa shape index (κ2) is 8.25. The topological polar surface area (TPSA) is 59.2 Å². The molecule has 28 heavy (non-hydrogen) atoms. The van der Waals surface area contributed by atoms with E-state index in [4.69, 9.17) is 10.7 Å². The number of hydrogen-bond acceptors (Lipinski definition) is 4. The van der Waals surface area contributed by atoms with Crippen LogP contribution >= 0.6 is 11.3 Å². The Balaban J connectivity index is 1.44. The summed E-state index contributed by atoms with van der Waals surface area (Å²) in [6.07, 6.45) is 0.348. The van der Waals surface area contributed by atoms with Gasteiger partial charge < -0.3 is 10.6 Å². The number of nitrogens with zero attached hydrogens (tertiary/aromatic N) is 2. The van der Waals surface area contributed by atoms with Crippen LogP contribution in [-0.4, -0.2) is 35.4 Å². The van der Waals surface area contributed by atoms with Crippen LogP contribution in [-0.2, 0) is 11.2 Å². The lowest BCUT2D eigenvalue weighted by atomic mass is 9.89. The summed E-state index contributed by atoms with van der Waals surface area (Å²) >= 11 is 1.60. The normalized spacial score (nSPS) is 19.1. The second-order valence-corrected chi connectivity index (χ2v) is 8.36. The summed E-state index contributed by atoms with van der Waals surface area (Å²) in [4.78, 5) is 19.6. The number of aryl methyl sites for hydroxylation is 1. The second-order valence-electron chi connectivity index (χ2n) is 7.50. The van der Waals surface area contributed by atoms with Crippen LogP contribution in [0.1, 0.15) is 22.7 Å². The van der Waals surface area contributed by atoms with Gasteiger partial charge in [-0.15, -0.1) is 11.3 Å². The molecule has 0 aliphatic carbocycles. The number of amides is 1. The number of thiazole rings is 1. The van der Waals surface area contributed by atoms with Crippen molar-refractivity contribution in [2.75, 3.05) is 19.6 Å². The van der Waals surface area contributed by atoms with Gasteiger partial charge in [-0.3, -0.25) is 4.79 Å². The molecule has 2 atom stereocenters. The van der Waals surface area contributed by atoms with E-state index in [1.54, 1.807) is 11.3 Å². The van der Waals surface area contributed by atoms with Gasteiger partial charge in [-0.25, -0.2) is 4.98 Å². The Morgan fingerprint density at radius 1 is 1.18 bits per heavy atom. The molecule has 1 aromatic heterocycles. The zero-order valence-electron chi connectivity index (χ0n) is 16.0. The average molecular weight is 392 g/mol. The maximum atomic E-state index is 12.9. The Morgan fingerprint density at radius 3 is 2.75 bits per heavy atom. The summed E-state index contributed by atoms with van der Waals surface area (Å²) in [5.74, 6) is 0.760. The molecule has 1 aliphatic rings. The lowest BCUT2D eigenvalue weighted by Crippen LogP contribution is -2.31. The van der Waals surface area contributed by atoms with Crippen molar-refractivity contribution in [1.82, 2.24) is 9.88 Å². The van der Waals surface area contributed by atoms with Crippen LogP contribution in [0.15, 0.2) is 60.0 Å². The monoisotopic (exact) mass is 391 g/mol. The van der Waals surface area contributed by atoms with Gasteiger partial charge in [-0.05, 0) is 31.0 Å². The van der Waals surface area contributed by atoms with Crippen molar-refractivity contribution in [3.05, 3.63) is 76.8 Å². The van der Waals surface area contributed by atoms with Gasteiger partial charge in [0.1, 0.15) is 5.01 Å². The zero-order chi connectivity index (χ0) is 19.5. The van der Waals surface area contributed by atoms with Crippen molar-refractivity contribution in [1.29, 1.82) is 0 Å². The lowest BCUT2D eigenvalue weighted by molar-refractivity contribution is -0.129. The summed E-state index contributed by atoms with van der Waals surface area (Å²) in [6, 6.07) is 18.7. The minimum atomic E-state index is 0.137. The molecule has 0 spiro atoms. The van der Waals surface area contributed by atoms with E-state index < -0.39 is 0 Å². The predicted molar refractivity (Wildman–Crippen MR) is 114 cm³/mol. The van der Waals surface area contributed by atoms with E-state index in [9.17, 15) is 4.79 Å². The number of aromatic nitrogens is 1. The van der Waals surface area contributed by atoms with Crippen LogP contribution in [0, 0.1) is 12.8 Å². The molecule has 2 N–H and O–H groups in total. The molecule has 0 bridgehead atoms. The fourth-order valence-electron chi connectivity index (χ4n) is 3.96. The van der Waals surface area contributed by atoms with E-state index in [0.717, 1.165) is 29.4 Å². The first-order chi connectivity index (χ1) is 13.6. The molecule has 4 rings (SSSR count). The number of rotatable bonds is 5. The van der Waals surface area contributed by atoms with E-state index in [0.29, 0.717) is 24.8 Å². The highest BCUT2D eigenvalue weighted by molar-refractivity contribution is 7.13. The molecule has 0 radical (unpaired) electrons. The van der Waals surface area contributed by atoms with Crippen LogP contribution in [0.3, 0.4) is 0 Å². The molecule has 2 aromatic carbocycles. The number of likely N-dealkylation sites (tertiary alicyclic amines) is 1. The van der Waals surface area contributed by atoms with Crippen LogP contribution in [0.4, 0.5) is 0 Å². The molecular weight excluding hydrogens is 366 g/mol. The van der Waals surface area contributed by atoms with Crippen molar-refractivity contribution in [2.24, 2.45) is 11.7 Å². The minimum Gasteiger partial charge on any atom is -0.341 e. The molecule has 5 heteroatoms. The van der Waals surface area contributed by atoms with Gasteiger partial charge in [-0.1, -0.05) is 54.1 Å². The quantitative estimate of drug-likeness (QED) is 0.718. The van der Waals surface area contributed by atoms with E-state index in [-0.39, 0.29) is 5.91 Å². The molecule has 1 amide bonds. The number of hydrogen-bond donors (Lipinski definition) is 1. The molecular formula is C23H25N3OS. The highest BCUT2D eigenvalue weighted by atomic mass is 32.1. The number of carbonyl (C=O) groups is 1. The fraction of sp³-hybridized carbons (Fsp3) is 0.304. The maximum Gasteiger partial charge on any atom is 0.228 e. The minimum absolute atomic E-state index is 0.137. The van der Waals surface area contributed by atoms with Gasteiger partial charge in [-0.2, -0.15) is 0 Å². The van der Waals surface area contributed by atoms with Crippen molar-refractivity contribution < 1.29 is 4.79 Å². The van der Waals surface area contributed by atoms with Crippen LogP contribution < -0.4 is 5.73 Å². The van der Waals surface area contributed by atoms with Gasteiger partial charge in [0.15, 0.2) is 0 Å². The third-order valence-electron chi connectivity index (χ3n) is 5.47. The van der Waals surface area contributed by atoms with E-state index in [2.05, 4.69) is 49.4 Å². The Morgan fingerprint density at radius 2 is 2.00 bits per heavy atom. The fourth-order valence-corrected chi connectivity index (χ4v) is 4.77. The Bertz CT molecular complexity index is 953. The van der Waals surface area contributed by atoms with Crippen LogP contribution in [0.5, 0.6) is 0 Å². The largest absolute Gasteiger partial charge is 0.341 e. The summed E-state index contributed by atoms with van der Waals surface area (Å²) in [5, 5.41) is 2.97. The van der Waals surface area contributed by atoms with Crippen molar-refractivity contribution in [3.8, 4) is 10.6 Å². The number of nitrogens with two attached hydrogens (primary N) is 1. The molecule has 4 nitrogen and oxygen atoms in total. The summed E-state index contributed by atoms with van der Waals surface area (Å²) in [6.45, 7) is 4.13. The third kappa shape index (κ3) is 4.01. The van der Waals surface area contributed by atoms with Crippen molar-refractivity contribution >= 4 is 17.2 Å². The van der Waals surface area contributed by atoms with Gasteiger partial charge in [0.25, 0.3) is 0 Å². The highest BCUT2D eigenvalue weighted by Crippen LogP contribution is 2.32. The van der Waals surface area contributed by atoms with Crippen molar-refractivity contribution in [2.45, 2.75) is 19.3 Å². The van der Waals surface area contributed by atoms with Gasteiger partial charge in [0, 0.05) is 30.0 Å². The zero-order valence-corrected chi connectivity index (χ0v) is 16.9. The van der Waals surface area contributed by atoms with Crippen LogP contribution in [0.25, 0.3) is 10.6 Å². The third-order valence-corrected chi connectivity index (χ3v) is 6.41. The summed E-state index contributed by atoms with van der Waals surface area (Å²) < 4.78 is 0. The van der Waals surface area contributed by atoms with Crippen molar-refractivity contribution in [3.63, 3.8) is 0 Å². The first-order valence-corrected chi connectivity index (χ1v) is 10.6. The molecule has 0 saturated carbocycles. The lowest BCUT2D eigenvalue weighted by Gasteiger charge is -2.16. The Labute approximate surface area is 170 Å². The van der Waals surface area contributed by atoms with E-state index in [1.165, 1.54) is 11.1 Å². The SMILES string of the molecule is Cc1cccc(-c2nc(CC(=O)N3C[C@@H](CN)[C@H](c4ccccc4)C3)cs2)c1. The average Bonchev–Trinajstić information content (AvgIpc) is 3.36. The number of benzene rings is 2. The highest BCUT2D eigenvalue weighted by Gasteiger charge is 2.35. The van der Waals surface area contributed by atoms with Gasteiger partial charge >= 0.3 is 0 Å². The predicted octanol–water partition coefficient (Wildman–Crippen LogP) is 3.86. The van der Waals surface area contributed by atoms with Gasteiger partial charge in [0.05, 0.1) is 12.1 Å². The molecule has 1 aliphatic heterocycles. The van der Waals surface area contributed by atoms with Crippen LogP contribution in [0.2, 0.25) is 0 Å². The smallest absolute Gasteiger partial charge is 0.228 e. The molecule has 1 saturated heterocycles. The Kier molecular flexibility index (Phi) is 5.55. The maximum absolute atomic E-state index is 12.9. The molecule has 3 aromatic rings. The van der Waals surface area contributed by atoms with E-state index >= 15 is 0 Å². The first kappa shape index (κ1) is 18.8. The molecule has 0 unspecified atom stereocenters. The first-order valence-electron chi connectivity index (χ1n) is 9.68. The molecule has 1 fully saturated rings. The molecule has 144 valence electrons. The Hall–Kier alpha value is -2.50. The van der Waals surface area contributed by atoms with E-state index in [1.807, 2.05) is 22.4 Å². The van der Waals surface area contributed by atoms with Gasteiger partial charge in [0.2, 0.25) is 5.91 Å². The number of carbonyl (C=O) groups excluding carboxylic acids is 1. The summed E-state index contributed by atoms with van der Waals surface area (Å²) in [5.41, 5.74) is 10.4. The summed E-state index contributed by atoms with van der Waals surface area (Å²) in [7, 11) is 0.